The summed E-state index contributed by atoms with van der Waals surface area (Å²) in [6.45, 7) is 3.58. The number of carbonyl (C=O) groups is 1. The fourth-order valence-corrected chi connectivity index (χ4v) is 2.85. The van der Waals surface area contributed by atoms with Crippen LogP contribution >= 0.6 is 11.6 Å². The van der Waals surface area contributed by atoms with Gasteiger partial charge in [-0.2, -0.15) is 8.42 Å². The van der Waals surface area contributed by atoms with E-state index in [9.17, 15) is 13.2 Å². The minimum absolute atomic E-state index is 0.138. The average molecular weight is 345 g/mol. The quantitative estimate of drug-likeness (QED) is 0.837. The number of halogens is 1. The Morgan fingerprint density at radius 2 is 2.18 bits per heavy atom. The van der Waals surface area contributed by atoms with Gasteiger partial charge in [0.2, 0.25) is 5.76 Å². The number of sulfonamides is 1. The molecule has 9 heteroatoms. The number of aromatic nitrogens is 1. The summed E-state index contributed by atoms with van der Waals surface area (Å²) in [4.78, 5) is 15.0. The lowest BCUT2D eigenvalue weighted by atomic mass is 10.2. The maximum atomic E-state index is 12.2. The Labute approximate surface area is 132 Å². The van der Waals surface area contributed by atoms with Crippen molar-refractivity contribution in [2.45, 2.75) is 19.1 Å². The summed E-state index contributed by atoms with van der Waals surface area (Å²) in [6.07, 6.45) is 0.989. The molecule has 1 heterocycles. The van der Waals surface area contributed by atoms with Crippen LogP contribution in [0.25, 0.3) is 0 Å². The van der Waals surface area contributed by atoms with E-state index in [1.807, 2.05) is 6.92 Å². The summed E-state index contributed by atoms with van der Waals surface area (Å²) in [6, 6.07) is 4.83. The number of ether oxygens (including phenoxy) is 1. The standard InChI is InChI=1S/C13H13ClN2O5S/c1-3-20-12(17)11-7-15-13(21-11)22(18,19)16-10-5-4-8(2)6-9(10)14/h4-7,16H,3H2,1-2H3. The molecule has 1 N–H and O–H groups in total. The third kappa shape index (κ3) is 3.58. The van der Waals surface area contributed by atoms with Crippen molar-refractivity contribution < 1.29 is 22.4 Å². The van der Waals surface area contributed by atoms with Gasteiger partial charge in [0.1, 0.15) is 0 Å². The molecule has 0 aliphatic heterocycles. The van der Waals surface area contributed by atoms with E-state index in [1.54, 1.807) is 19.1 Å². The van der Waals surface area contributed by atoms with Gasteiger partial charge >= 0.3 is 21.2 Å². The Kier molecular flexibility index (Phi) is 4.72. The lowest BCUT2D eigenvalue weighted by Crippen LogP contribution is -2.13. The molecule has 0 aliphatic rings. The van der Waals surface area contributed by atoms with Gasteiger partial charge in [0.25, 0.3) is 0 Å². The highest BCUT2D eigenvalue weighted by Gasteiger charge is 2.24. The molecule has 0 unspecified atom stereocenters. The van der Waals surface area contributed by atoms with Gasteiger partial charge in [-0.3, -0.25) is 4.72 Å². The average Bonchev–Trinajstić information content (AvgIpc) is 2.93. The number of hydrogen-bond acceptors (Lipinski definition) is 6. The molecule has 0 saturated heterocycles. The molecule has 7 nitrogen and oxygen atoms in total. The van der Waals surface area contributed by atoms with E-state index in [0.29, 0.717) is 0 Å². The number of benzene rings is 1. The number of aryl methyl sites for hydroxylation is 1. The fraction of sp³-hybridized carbons (Fsp3) is 0.231. The van der Waals surface area contributed by atoms with Crippen LogP contribution in [-0.2, 0) is 14.8 Å². The number of esters is 1. The lowest BCUT2D eigenvalue weighted by molar-refractivity contribution is 0.0484. The van der Waals surface area contributed by atoms with Gasteiger partial charge in [-0.1, -0.05) is 17.7 Å². The van der Waals surface area contributed by atoms with Crippen molar-refractivity contribution in [3.63, 3.8) is 0 Å². The van der Waals surface area contributed by atoms with Crippen molar-refractivity contribution in [3.8, 4) is 0 Å². The summed E-state index contributed by atoms with van der Waals surface area (Å²) in [5.41, 5.74) is 1.07. The van der Waals surface area contributed by atoms with E-state index < -0.39 is 21.2 Å². The molecule has 0 amide bonds. The van der Waals surface area contributed by atoms with Crippen molar-refractivity contribution in [3.05, 3.63) is 40.7 Å². The number of anilines is 1. The van der Waals surface area contributed by atoms with Crippen LogP contribution in [0.2, 0.25) is 5.02 Å². The molecule has 22 heavy (non-hydrogen) atoms. The van der Waals surface area contributed by atoms with Crippen molar-refractivity contribution in [1.82, 2.24) is 4.98 Å². The normalized spacial score (nSPS) is 11.2. The van der Waals surface area contributed by atoms with Gasteiger partial charge in [0, 0.05) is 0 Å². The van der Waals surface area contributed by atoms with Crippen LogP contribution in [0.3, 0.4) is 0 Å². The maximum absolute atomic E-state index is 12.2. The molecule has 2 rings (SSSR count). The highest BCUT2D eigenvalue weighted by atomic mass is 35.5. The van der Waals surface area contributed by atoms with Crippen LogP contribution in [0.1, 0.15) is 23.0 Å². The Balaban J connectivity index is 2.25. The molecule has 0 fully saturated rings. The smallest absolute Gasteiger partial charge is 0.375 e. The van der Waals surface area contributed by atoms with Crippen LogP contribution < -0.4 is 4.72 Å². The molecular weight excluding hydrogens is 332 g/mol. The largest absolute Gasteiger partial charge is 0.460 e. The molecule has 0 aliphatic carbocycles. The molecular formula is C13H13ClN2O5S. The summed E-state index contributed by atoms with van der Waals surface area (Å²) in [5, 5.41) is -0.409. The van der Waals surface area contributed by atoms with E-state index in [0.717, 1.165) is 11.8 Å². The highest BCUT2D eigenvalue weighted by molar-refractivity contribution is 7.92. The predicted octanol–water partition coefficient (Wildman–Crippen LogP) is 2.61. The second kappa shape index (κ2) is 6.37. The lowest BCUT2D eigenvalue weighted by Gasteiger charge is -2.07. The second-order valence-corrected chi connectivity index (χ2v) is 6.27. The van der Waals surface area contributed by atoms with Crippen molar-refractivity contribution in [2.24, 2.45) is 0 Å². The fourth-order valence-electron chi connectivity index (χ4n) is 1.57. The first-order chi connectivity index (χ1) is 10.3. The van der Waals surface area contributed by atoms with Gasteiger partial charge in [-0.15, -0.1) is 0 Å². The Morgan fingerprint density at radius 1 is 1.45 bits per heavy atom. The van der Waals surface area contributed by atoms with Gasteiger partial charge in [-0.05, 0) is 31.5 Å². The van der Waals surface area contributed by atoms with Crippen molar-refractivity contribution >= 4 is 33.3 Å². The number of nitrogens with zero attached hydrogens (tertiary/aromatic N) is 1. The third-order valence-corrected chi connectivity index (χ3v) is 4.01. The third-order valence-electron chi connectivity index (χ3n) is 2.56. The molecule has 0 saturated carbocycles. The maximum Gasteiger partial charge on any atom is 0.375 e. The Morgan fingerprint density at radius 3 is 2.82 bits per heavy atom. The zero-order valence-corrected chi connectivity index (χ0v) is 13.4. The van der Waals surface area contributed by atoms with Gasteiger partial charge < -0.3 is 9.15 Å². The minimum Gasteiger partial charge on any atom is -0.460 e. The van der Waals surface area contributed by atoms with Gasteiger partial charge in [0.05, 0.1) is 23.5 Å². The van der Waals surface area contributed by atoms with Crippen LogP contribution in [0.15, 0.2) is 34.0 Å². The van der Waals surface area contributed by atoms with E-state index in [1.165, 1.54) is 6.07 Å². The SMILES string of the molecule is CCOC(=O)c1cnc(S(=O)(=O)Nc2ccc(C)cc2Cl)o1. The summed E-state index contributed by atoms with van der Waals surface area (Å²) in [7, 11) is -4.10. The van der Waals surface area contributed by atoms with E-state index in [2.05, 4.69) is 9.71 Å². The van der Waals surface area contributed by atoms with Crippen molar-refractivity contribution in [2.75, 3.05) is 11.3 Å². The molecule has 0 spiro atoms. The van der Waals surface area contributed by atoms with E-state index >= 15 is 0 Å². The zero-order valence-electron chi connectivity index (χ0n) is 11.8. The van der Waals surface area contributed by atoms with Gasteiger partial charge in [0.15, 0.2) is 0 Å². The minimum atomic E-state index is -4.10. The zero-order chi connectivity index (χ0) is 16.3. The van der Waals surface area contributed by atoms with Crippen molar-refractivity contribution in [1.29, 1.82) is 0 Å². The second-order valence-electron chi connectivity index (χ2n) is 4.30. The number of rotatable bonds is 5. The van der Waals surface area contributed by atoms with E-state index in [-0.39, 0.29) is 23.1 Å². The molecule has 118 valence electrons. The number of nitrogens with one attached hydrogen (secondary N) is 1. The van der Waals surface area contributed by atoms with Crippen LogP contribution in [-0.4, -0.2) is 26.0 Å². The predicted molar refractivity (Wildman–Crippen MR) is 79.5 cm³/mol. The number of carbonyl (C=O) groups excluding carboxylic acids is 1. The molecule has 0 radical (unpaired) electrons. The van der Waals surface area contributed by atoms with Crippen LogP contribution in [0.5, 0.6) is 0 Å². The molecule has 1 aromatic heterocycles. The summed E-state index contributed by atoms with van der Waals surface area (Å²) < 4.78 is 36.2. The highest BCUT2D eigenvalue weighted by Crippen LogP contribution is 2.25. The first kappa shape index (κ1) is 16.3. The van der Waals surface area contributed by atoms with E-state index in [4.69, 9.17) is 20.8 Å². The van der Waals surface area contributed by atoms with Crippen LogP contribution in [0.4, 0.5) is 5.69 Å². The molecule has 1 aromatic carbocycles. The Bertz CT molecular complexity index is 801. The molecule has 0 bridgehead atoms. The van der Waals surface area contributed by atoms with Gasteiger partial charge in [-0.25, -0.2) is 9.78 Å². The topological polar surface area (TPSA) is 98.5 Å². The molecule has 0 atom stereocenters. The van der Waals surface area contributed by atoms with Crippen LogP contribution in [0, 0.1) is 6.92 Å². The first-order valence-electron chi connectivity index (χ1n) is 6.25. The number of hydrogen-bond donors (Lipinski definition) is 1. The first-order valence-corrected chi connectivity index (χ1v) is 8.11. The number of oxazole rings is 1. The summed E-state index contributed by atoms with van der Waals surface area (Å²) >= 11 is 5.97. The monoisotopic (exact) mass is 344 g/mol. The summed E-state index contributed by atoms with van der Waals surface area (Å²) in [5.74, 6) is -1.08. The Hall–Kier alpha value is -2.06. The molecule has 2 aromatic rings.